The van der Waals surface area contributed by atoms with Gasteiger partial charge in [0.2, 0.25) is 0 Å². The second-order valence-electron chi connectivity index (χ2n) is 13.9. The van der Waals surface area contributed by atoms with Gasteiger partial charge < -0.3 is 48.6 Å². The maximum atomic E-state index is 13.2. The Morgan fingerprint density at radius 2 is 1.58 bits per heavy atom. The third-order valence-electron chi connectivity index (χ3n) is 9.78. The highest BCUT2D eigenvalue weighted by molar-refractivity contribution is 5.91. The summed E-state index contributed by atoms with van der Waals surface area (Å²) in [6, 6.07) is -0.146. The first-order valence-electron chi connectivity index (χ1n) is 17.3. The largest absolute Gasteiger partial charge is 0.459 e. The van der Waals surface area contributed by atoms with Crippen molar-refractivity contribution in [1.29, 1.82) is 0 Å². The highest BCUT2D eigenvalue weighted by Gasteiger charge is 2.44. The van der Waals surface area contributed by atoms with E-state index in [1.54, 1.807) is 25.2 Å². The van der Waals surface area contributed by atoms with Crippen LogP contribution in [0.2, 0.25) is 0 Å². The molecule has 274 valence electrons. The minimum Gasteiger partial charge on any atom is -0.459 e. The van der Waals surface area contributed by atoms with Crippen molar-refractivity contribution in [2.24, 2.45) is 23.7 Å². The molecule has 0 aromatic carbocycles. The van der Waals surface area contributed by atoms with Gasteiger partial charge in [0.15, 0.2) is 18.4 Å². The number of esters is 1. The molecule has 0 saturated carbocycles. The van der Waals surface area contributed by atoms with Crippen molar-refractivity contribution in [3.05, 3.63) is 36.5 Å². The molecule has 3 aliphatic rings. The van der Waals surface area contributed by atoms with E-state index in [1.165, 1.54) is 19.3 Å². The van der Waals surface area contributed by atoms with Crippen LogP contribution in [0.15, 0.2) is 36.5 Å². The van der Waals surface area contributed by atoms with E-state index in [0.717, 1.165) is 0 Å². The molecule has 3 aliphatic heterocycles. The molecule has 0 aliphatic carbocycles. The second kappa shape index (κ2) is 18.8. The van der Waals surface area contributed by atoms with E-state index >= 15 is 0 Å². The van der Waals surface area contributed by atoms with Crippen LogP contribution in [-0.4, -0.2) is 127 Å². The minimum atomic E-state index is -1.21. The van der Waals surface area contributed by atoms with Crippen molar-refractivity contribution < 1.29 is 53.3 Å². The molecule has 0 amide bonds. The standard InChI is InChI=1S/C36H59NO11/c1-10-28-25(19-44-36-34(43-9)32(42)30(40)24(6)46-36)13-11-12-14-27(38)21(3)17-22(4)33(20(2)15-16-29(39)47-28)48-35-31(41)26(37(7)8)18-23(5)45-35/h11-16,20-26,28,30-36,40-42H,10,17-19H2,1-9H3/b13-11-,14-12+,16-15+/t20-,21+,22-,23+,24+,25+,26-,28?,30+,31+,32+,33?,34+,35-,36+/m0/s1. The van der Waals surface area contributed by atoms with Crippen molar-refractivity contribution in [1.82, 2.24) is 4.90 Å². The van der Waals surface area contributed by atoms with E-state index in [4.69, 9.17) is 28.4 Å². The van der Waals surface area contributed by atoms with Crippen LogP contribution in [0.3, 0.4) is 0 Å². The summed E-state index contributed by atoms with van der Waals surface area (Å²) in [6.45, 7) is 11.4. The molecular weight excluding hydrogens is 622 g/mol. The van der Waals surface area contributed by atoms with Gasteiger partial charge in [0.25, 0.3) is 0 Å². The summed E-state index contributed by atoms with van der Waals surface area (Å²) in [5.74, 6) is -1.73. The summed E-state index contributed by atoms with van der Waals surface area (Å²) >= 11 is 0. The van der Waals surface area contributed by atoms with E-state index in [1.807, 2.05) is 59.7 Å². The summed E-state index contributed by atoms with van der Waals surface area (Å²) in [5.41, 5.74) is 0. The van der Waals surface area contributed by atoms with Crippen LogP contribution in [0.25, 0.3) is 0 Å². The van der Waals surface area contributed by atoms with Gasteiger partial charge in [-0.05, 0) is 59.2 Å². The average Bonchev–Trinajstić information content (AvgIpc) is 3.04. The first kappa shape index (κ1) is 40.4. The van der Waals surface area contributed by atoms with Gasteiger partial charge in [-0.3, -0.25) is 4.79 Å². The number of likely N-dealkylation sites (N-methyl/N-ethyl adjacent to an activating group) is 1. The second-order valence-corrected chi connectivity index (χ2v) is 13.9. The Balaban J connectivity index is 1.85. The van der Waals surface area contributed by atoms with Gasteiger partial charge in [-0.1, -0.05) is 52.0 Å². The minimum absolute atomic E-state index is 0.0397. The predicted octanol–water partition coefficient (Wildman–Crippen LogP) is 2.78. The average molecular weight is 682 g/mol. The van der Waals surface area contributed by atoms with Crippen LogP contribution in [0.1, 0.15) is 60.8 Å². The zero-order valence-corrected chi connectivity index (χ0v) is 30.0. The number of methoxy groups -OCH3 is 1. The molecular formula is C36H59NO11. The van der Waals surface area contributed by atoms with Gasteiger partial charge in [0.05, 0.1) is 24.9 Å². The number of carbonyl (C=O) groups excluding carboxylic acids is 2. The Kier molecular flexibility index (Phi) is 15.9. The number of allylic oxidation sites excluding steroid dienone is 3. The number of hydrogen-bond acceptors (Lipinski definition) is 12. The number of nitrogens with zero attached hydrogens (tertiary/aromatic N) is 1. The Morgan fingerprint density at radius 3 is 2.23 bits per heavy atom. The van der Waals surface area contributed by atoms with E-state index < -0.39 is 67.2 Å². The maximum Gasteiger partial charge on any atom is 0.330 e. The molecule has 0 aromatic rings. The molecule has 0 radical (unpaired) electrons. The predicted molar refractivity (Wildman–Crippen MR) is 179 cm³/mol. The molecule has 3 N–H and O–H groups in total. The lowest BCUT2D eigenvalue weighted by molar-refractivity contribution is -0.300. The Labute approximate surface area is 286 Å². The number of aliphatic hydroxyl groups is 3. The van der Waals surface area contributed by atoms with Crippen molar-refractivity contribution in [2.75, 3.05) is 27.8 Å². The number of ether oxygens (including phenoxy) is 6. The fraction of sp³-hybridized carbons (Fsp3) is 0.778. The molecule has 0 bridgehead atoms. The molecule has 3 heterocycles. The quantitative estimate of drug-likeness (QED) is 0.323. The molecule has 12 nitrogen and oxygen atoms in total. The normalized spacial score (nSPS) is 44.2. The first-order chi connectivity index (χ1) is 22.7. The summed E-state index contributed by atoms with van der Waals surface area (Å²) in [4.78, 5) is 28.3. The van der Waals surface area contributed by atoms with Gasteiger partial charge in [-0.25, -0.2) is 4.79 Å². The number of rotatable bonds is 8. The lowest BCUT2D eigenvalue weighted by Gasteiger charge is -2.43. The fourth-order valence-electron chi connectivity index (χ4n) is 6.80. The number of aliphatic hydroxyl groups excluding tert-OH is 3. The highest BCUT2D eigenvalue weighted by Crippen LogP contribution is 2.32. The summed E-state index contributed by atoms with van der Waals surface area (Å²) in [7, 11) is 5.24. The Bertz CT molecular complexity index is 1110. The summed E-state index contributed by atoms with van der Waals surface area (Å²) < 4.78 is 35.7. The van der Waals surface area contributed by atoms with Crippen LogP contribution >= 0.6 is 0 Å². The molecule has 15 atom stereocenters. The van der Waals surface area contributed by atoms with E-state index in [-0.39, 0.29) is 42.3 Å². The van der Waals surface area contributed by atoms with Crippen LogP contribution in [0.5, 0.6) is 0 Å². The lowest BCUT2D eigenvalue weighted by Crippen LogP contribution is -2.58. The smallest absolute Gasteiger partial charge is 0.330 e. The molecule has 2 fully saturated rings. The van der Waals surface area contributed by atoms with Gasteiger partial charge in [-0.2, -0.15) is 0 Å². The molecule has 48 heavy (non-hydrogen) atoms. The van der Waals surface area contributed by atoms with Crippen molar-refractivity contribution in [2.45, 2.75) is 128 Å². The lowest BCUT2D eigenvalue weighted by atomic mass is 9.84. The molecule has 0 spiro atoms. The maximum absolute atomic E-state index is 13.2. The van der Waals surface area contributed by atoms with Gasteiger partial charge >= 0.3 is 5.97 Å². The van der Waals surface area contributed by atoms with E-state index in [0.29, 0.717) is 19.3 Å². The summed E-state index contributed by atoms with van der Waals surface area (Å²) in [5, 5.41) is 31.9. The third-order valence-corrected chi connectivity index (χ3v) is 9.78. The fourth-order valence-corrected chi connectivity index (χ4v) is 6.80. The molecule has 3 rings (SSSR count). The topological polar surface area (TPSA) is 153 Å². The van der Waals surface area contributed by atoms with E-state index in [9.17, 15) is 24.9 Å². The highest BCUT2D eigenvalue weighted by atomic mass is 16.7. The number of ketones is 1. The number of cyclic esters (lactones) is 1. The van der Waals surface area contributed by atoms with Crippen molar-refractivity contribution in [3.63, 3.8) is 0 Å². The van der Waals surface area contributed by atoms with Crippen LogP contribution in [0, 0.1) is 23.7 Å². The third kappa shape index (κ3) is 10.7. The summed E-state index contributed by atoms with van der Waals surface area (Å²) in [6.07, 6.45) is 3.67. The first-order valence-corrected chi connectivity index (χ1v) is 17.3. The number of carbonyl (C=O) groups is 2. The molecule has 0 aromatic heterocycles. The van der Waals surface area contributed by atoms with Crippen LogP contribution < -0.4 is 0 Å². The SMILES string of the molecule is CCC1OC(=O)/C=C/[C@H](C)C(O[C@@H]2O[C@H](C)C[C@H](N(C)C)[C@H]2O)[C@@H](C)C[C@@H](C)C(=O)/C=C/C=C\[C@@H]1CO[C@@H]1O[C@H](C)[C@@H](O)[C@@H](O)[C@H]1OC. The van der Waals surface area contributed by atoms with Gasteiger partial charge in [0, 0.05) is 37.0 Å². The monoisotopic (exact) mass is 681 g/mol. The van der Waals surface area contributed by atoms with Gasteiger partial charge in [0.1, 0.15) is 30.5 Å². The zero-order chi connectivity index (χ0) is 35.7. The number of hydrogen-bond donors (Lipinski definition) is 3. The van der Waals surface area contributed by atoms with Crippen LogP contribution in [0.4, 0.5) is 0 Å². The Morgan fingerprint density at radius 1 is 0.875 bits per heavy atom. The van der Waals surface area contributed by atoms with Gasteiger partial charge in [-0.15, -0.1) is 0 Å². The van der Waals surface area contributed by atoms with Crippen LogP contribution in [-0.2, 0) is 38.0 Å². The Hall–Kier alpha value is -2.00. The zero-order valence-electron chi connectivity index (χ0n) is 30.0. The van der Waals surface area contributed by atoms with Crippen molar-refractivity contribution in [3.8, 4) is 0 Å². The van der Waals surface area contributed by atoms with E-state index in [2.05, 4.69) is 0 Å². The molecule has 2 saturated heterocycles. The van der Waals surface area contributed by atoms with Crippen molar-refractivity contribution >= 4 is 11.8 Å². The molecule has 2 unspecified atom stereocenters. The molecule has 12 heteroatoms.